The van der Waals surface area contributed by atoms with Gasteiger partial charge in [-0.25, -0.2) is 0 Å². The topological polar surface area (TPSA) is 38.7 Å². The van der Waals surface area contributed by atoms with Gasteiger partial charge in [0, 0.05) is 20.1 Å². The number of hydrogen-bond acceptors (Lipinski definition) is 3. The third-order valence-electron chi connectivity index (χ3n) is 1.93. The van der Waals surface area contributed by atoms with E-state index in [1.54, 1.807) is 25.3 Å². The summed E-state index contributed by atoms with van der Waals surface area (Å²) in [6, 6.07) is 5.23. The number of hydrogen-bond donors (Lipinski definition) is 1. The van der Waals surface area contributed by atoms with Gasteiger partial charge >= 0.3 is 0 Å². The van der Waals surface area contributed by atoms with Gasteiger partial charge in [-0.1, -0.05) is 17.7 Å². The van der Waals surface area contributed by atoms with E-state index in [1.807, 2.05) is 0 Å². The largest absolute Gasteiger partial charge is 0.492 e. The van der Waals surface area contributed by atoms with Gasteiger partial charge in [-0.15, -0.1) is 0 Å². The Bertz CT molecular complexity index is 302. The predicted molar refractivity (Wildman–Crippen MR) is 59.4 cm³/mol. The minimum atomic E-state index is -0.00833. The molecule has 0 heterocycles. The number of halogens is 1. The summed E-state index contributed by atoms with van der Waals surface area (Å²) in [5.41, 5.74) is 0.793. The summed E-state index contributed by atoms with van der Waals surface area (Å²) in [4.78, 5) is 0. The first-order valence-electron chi connectivity index (χ1n) is 4.79. The molecule has 0 unspecified atom stereocenters. The van der Waals surface area contributed by atoms with Crippen LogP contribution in [0, 0.1) is 0 Å². The Kier molecular flexibility index (Phi) is 5.47. The lowest BCUT2D eigenvalue weighted by molar-refractivity contribution is 0.172. The molecular formula is C11H15ClO3. The van der Waals surface area contributed by atoms with E-state index in [0.29, 0.717) is 24.0 Å². The SMILES string of the molecule is COCCCOc1cc(CO)ccc1Cl. The normalized spacial score (nSPS) is 10.3. The van der Waals surface area contributed by atoms with Crippen LogP contribution in [0.1, 0.15) is 12.0 Å². The van der Waals surface area contributed by atoms with Crippen LogP contribution in [0.15, 0.2) is 18.2 Å². The van der Waals surface area contributed by atoms with Gasteiger partial charge in [0.05, 0.1) is 18.2 Å². The van der Waals surface area contributed by atoms with Crippen molar-refractivity contribution in [3.63, 3.8) is 0 Å². The lowest BCUT2D eigenvalue weighted by Crippen LogP contribution is -2.02. The summed E-state index contributed by atoms with van der Waals surface area (Å²) in [6.07, 6.45) is 0.816. The van der Waals surface area contributed by atoms with E-state index in [2.05, 4.69) is 0 Å². The van der Waals surface area contributed by atoms with Crippen LogP contribution in [0.4, 0.5) is 0 Å². The number of aliphatic hydroxyl groups excluding tert-OH is 1. The Balaban J connectivity index is 2.51. The molecule has 1 rings (SSSR count). The average Bonchev–Trinajstić information content (AvgIpc) is 2.26. The fourth-order valence-electron chi connectivity index (χ4n) is 1.14. The Morgan fingerprint density at radius 2 is 2.13 bits per heavy atom. The van der Waals surface area contributed by atoms with Gasteiger partial charge in [0.15, 0.2) is 0 Å². The van der Waals surface area contributed by atoms with Gasteiger partial charge in [0.1, 0.15) is 5.75 Å². The molecule has 0 fully saturated rings. The highest BCUT2D eigenvalue weighted by Crippen LogP contribution is 2.25. The maximum Gasteiger partial charge on any atom is 0.138 e. The van der Waals surface area contributed by atoms with E-state index in [0.717, 1.165) is 12.0 Å². The van der Waals surface area contributed by atoms with Crippen molar-refractivity contribution in [2.24, 2.45) is 0 Å². The Hall–Kier alpha value is -0.770. The minimum Gasteiger partial charge on any atom is -0.492 e. The molecule has 1 aromatic carbocycles. The molecule has 15 heavy (non-hydrogen) atoms. The van der Waals surface area contributed by atoms with E-state index >= 15 is 0 Å². The molecule has 3 nitrogen and oxygen atoms in total. The second-order valence-electron chi connectivity index (χ2n) is 3.12. The molecule has 0 atom stereocenters. The highest BCUT2D eigenvalue weighted by Gasteiger charge is 2.02. The number of benzene rings is 1. The zero-order chi connectivity index (χ0) is 11.1. The van der Waals surface area contributed by atoms with E-state index in [4.69, 9.17) is 26.2 Å². The molecule has 0 saturated carbocycles. The fraction of sp³-hybridized carbons (Fsp3) is 0.455. The predicted octanol–water partition coefficient (Wildman–Crippen LogP) is 2.25. The van der Waals surface area contributed by atoms with E-state index in [9.17, 15) is 0 Å². The number of methoxy groups -OCH3 is 1. The second-order valence-corrected chi connectivity index (χ2v) is 3.52. The molecule has 4 heteroatoms. The Morgan fingerprint density at radius 3 is 2.80 bits per heavy atom. The third kappa shape index (κ3) is 4.08. The second kappa shape index (κ2) is 6.67. The monoisotopic (exact) mass is 230 g/mol. The first-order chi connectivity index (χ1) is 7.27. The van der Waals surface area contributed by atoms with Crippen molar-refractivity contribution in [2.45, 2.75) is 13.0 Å². The average molecular weight is 231 g/mol. The number of rotatable bonds is 6. The molecule has 1 aromatic rings. The first-order valence-corrected chi connectivity index (χ1v) is 5.16. The smallest absolute Gasteiger partial charge is 0.138 e. The van der Waals surface area contributed by atoms with Crippen LogP contribution in [-0.4, -0.2) is 25.4 Å². The van der Waals surface area contributed by atoms with Crippen molar-refractivity contribution < 1.29 is 14.6 Å². The van der Waals surface area contributed by atoms with Crippen molar-refractivity contribution in [3.8, 4) is 5.75 Å². The maximum atomic E-state index is 8.94. The summed E-state index contributed by atoms with van der Waals surface area (Å²) in [5.74, 6) is 0.610. The Morgan fingerprint density at radius 1 is 1.33 bits per heavy atom. The van der Waals surface area contributed by atoms with Gasteiger partial charge in [-0.05, 0) is 17.7 Å². The molecule has 0 aliphatic carbocycles. The highest BCUT2D eigenvalue weighted by atomic mass is 35.5. The van der Waals surface area contributed by atoms with Crippen molar-refractivity contribution in [1.29, 1.82) is 0 Å². The maximum absolute atomic E-state index is 8.94. The summed E-state index contributed by atoms with van der Waals surface area (Å²) in [5, 5.41) is 9.50. The number of aliphatic hydroxyl groups is 1. The van der Waals surface area contributed by atoms with Gasteiger partial charge in [0.25, 0.3) is 0 Å². The van der Waals surface area contributed by atoms with Crippen LogP contribution in [0.2, 0.25) is 5.02 Å². The van der Waals surface area contributed by atoms with Crippen molar-refractivity contribution >= 4 is 11.6 Å². The van der Waals surface area contributed by atoms with Gasteiger partial charge in [-0.3, -0.25) is 0 Å². The molecule has 0 amide bonds. The van der Waals surface area contributed by atoms with Crippen LogP contribution >= 0.6 is 11.6 Å². The molecule has 0 saturated heterocycles. The van der Waals surface area contributed by atoms with Crippen LogP contribution in [0.3, 0.4) is 0 Å². The van der Waals surface area contributed by atoms with Crippen LogP contribution in [0.5, 0.6) is 5.75 Å². The zero-order valence-corrected chi connectivity index (χ0v) is 9.46. The first kappa shape index (κ1) is 12.3. The van der Waals surface area contributed by atoms with Crippen molar-refractivity contribution in [2.75, 3.05) is 20.3 Å². The summed E-state index contributed by atoms with van der Waals surface area (Å²) < 4.78 is 10.4. The summed E-state index contributed by atoms with van der Waals surface area (Å²) in [7, 11) is 1.65. The number of ether oxygens (including phenoxy) is 2. The van der Waals surface area contributed by atoms with Crippen LogP contribution in [0.25, 0.3) is 0 Å². The molecule has 0 bridgehead atoms. The van der Waals surface area contributed by atoms with Gasteiger partial charge in [-0.2, -0.15) is 0 Å². The zero-order valence-electron chi connectivity index (χ0n) is 8.70. The lowest BCUT2D eigenvalue weighted by Gasteiger charge is -2.08. The molecule has 0 aliphatic heterocycles. The molecule has 1 N–H and O–H groups in total. The molecule has 0 aromatic heterocycles. The van der Waals surface area contributed by atoms with Crippen molar-refractivity contribution in [1.82, 2.24) is 0 Å². The lowest BCUT2D eigenvalue weighted by atomic mass is 10.2. The molecular weight excluding hydrogens is 216 g/mol. The minimum absolute atomic E-state index is 0.00833. The molecule has 0 spiro atoms. The highest BCUT2D eigenvalue weighted by molar-refractivity contribution is 6.32. The third-order valence-corrected chi connectivity index (χ3v) is 2.24. The fourth-order valence-corrected chi connectivity index (χ4v) is 1.31. The van der Waals surface area contributed by atoms with Gasteiger partial charge < -0.3 is 14.6 Å². The van der Waals surface area contributed by atoms with Crippen LogP contribution < -0.4 is 4.74 Å². The summed E-state index contributed by atoms with van der Waals surface area (Å²) >= 11 is 5.93. The molecule has 0 aliphatic rings. The van der Waals surface area contributed by atoms with Crippen molar-refractivity contribution in [3.05, 3.63) is 28.8 Å². The summed E-state index contributed by atoms with van der Waals surface area (Å²) in [6.45, 7) is 1.21. The van der Waals surface area contributed by atoms with E-state index in [1.165, 1.54) is 0 Å². The Labute approximate surface area is 94.6 Å². The standard InChI is InChI=1S/C11H15ClO3/c1-14-5-2-6-15-11-7-9(8-13)3-4-10(11)12/h3-4,7,13H,2,5-6,8H2,1H3. The molecule has 0 radical (unpaired) electrons. The molecule has 84 valence electrons. The van der Waals surface area contributed by atoms with Gasteiger partial charge in [0.2, 0.25) is 0 Å². The quantitative estimate of drug-likeness (QED) is 0.762. The van der Waals surface area contributed by atoms with Crippen LogP contribution in [-0.2, 0) is 11.3 Å². The van der Waals surface area contributed by atoms with E-state index < -0.39 is 0 Å². The van der Waals surface area contributed by atoms with E-state index in [-0.39, 0.29) is 6.61 Å².